The highest BCUT2D eigenvalue weighted by atomic mass is 16.5. The van der Waals surface area contributed by atoms with Gasteiger partial charge < -0.3 is 15.4 Å². The number of carbonyl (C=O) groups is 1. The van der Waals surface area contributed by atoms with Crippen molar-refractivity contribution in [2.45, 2.75) is 57.6 Å². The van der Waals surface area contributed by atoms with Crippen molar-refractivity contribution in [1.29, 1.82) is 0 Å². The fraction of sp³-hybridized carbons (Fsp3) is 0.933. The first-order valence-electron chi connectivity index (χ1n) is 7.70. The molecule has 0 radical (unpaired) electrons. The molecule has 4 heteroatoms. The van der Waals surface area contributed by atoms with Gasteiger partial charge in [-0.05, 0) is 44.4 Å². The molecule has 0 aromatic carbocycles. The Morgan fingerprint density at radius 1 is 1.32 bits per heavy atom. The van der Waals surface area contributed by atoms with Gasteiger partial charge in [0.25, 0.3) is 0 Å². The van der Waals surface area contributed by atoms with Crippen LogP contribution in [0.4, 0.5) is 0 Å². The first-order valence-corrected chi connectivity index (χ1v) is 7.70. The Bertz CT molecular complexity index is 303. The molecule has 4 nitrogen and oxygen atoms in total. The second-order valence-corrected chi connectivity index (χ2v) is 6.40. The van der Waals surface area contributed by atoms with Crippen molar-refractivity contribution in [2.75, 3.05) is 20.2 Å². The summed E-state index contributed by atoms with van der Waals surface area (Å²) in [5.74, 6) is 0.846. The van der Waals surface area contributed by atoms with E-state index in [4.69, 9.17) is 10.5 Å². The molecule has 110 valence electrons. The number of carbonyl (C=O) groups excluding carboxylic acids is 1. The number of hydrogen-bond acceptors (Lipinski definition) is 3. The number of nitrogens with zero attached hydrogens (tertiary/aromatic N) is 1. The van der Waals surface area contributed by atoms with Crippen molar-refractivity contribution in [3.05, 3.63) is 0 Å². The summed E-state index contributed by atoms with van der Waals surface area (Å²) in [5, 5.41) is 0. The molecule has 0 spiro atoms. The predicted octanol–water partition coefficient (Wildman–Crippen LogP) is 1.78. The van der Waals surface area contributed by atoms with E-state index in [1.807, 2.05) is 11.9 Å². The zero-order chi connectivity index (χ0) is 13.8. The number of likely N-dealkylation sites (N-methyl/N-ethyl adjacent to an activating group) is 1. The zero-order valence-electron chi connectivity index (χ0n) is 12.3. The third-order valence-electron chi connectivity index (χ3n) is 4.61. The van der Waals surface area contributed by atoms with Gasteiger partial charge in [-0.2, -0.15) is 0 Å². The van der Waals surface area contributed by atoms with Crippen molar-refractivity contribution in [1.82, 2.24) is 4.90 Å². The maximum atomic E-state index is 12.5. The average Bonchev–Trinajstić information content (AvgIpc) is 2.42. The van der Waals surface area contributed by atoms with E-state index in [2.05, 4.69) is 6.92 Å². The monoisotopic (exact) mass is 268 g/mol. The minimum absolute atomic E-state index is 0.0114. The van der Waals surface area contributed by atoms with Gasteiger partial charge in [0.1, 0.15) is 0 Å². The zero-order valence-corrected chi connectivity index (χ0v) is 12.3. The topological polar surface area (TPSA) is 55.6 Å². The van der Waals surface area contributed by atoms with Crippen molar-refractivity contribution < 1.29 is 9.53 Å². The lowest BCUT2D eigenvalue weighted by Crippen LogP contribution is -2.47. The van der Waals surface area contributed by atoms with Crippen LogP contribution in [0.2, 0.25) is 0 Å². The molecule has 1 heterocycles. The molecule has 0 bridgehead atoms. The Balaban J connectivity index is 1.86. The van der Waals surface area contributed by atoms with Crippen LogP contribution in [0.3, 0.4) is 0 Å². The molecule has 19 heavy (non-hydrogen) atoms. The Hall–Kier alpha value is -0.610. The summed E-state index contributed by atoms with van der Waals surface area (Å²) in [4.78, 5) is 14.4. The maximum Gasteiger partial charge on any atom is 0.227 e. The van der Waals surface area contributed by atoms with Gasteiger partial charge in [-0.15, -0.1) is 0 Å². The Labute approximate surface area is 116 Å². The third kappa shape index (κ3) is 3.93. The number of nitrogens with two attached hydrogens (primary N) is 1. The molecular formula is C15H28N2O2. The van der Waals surface area contributed by atoms with Gasteiger partial charge >= 0.3 is 0 Å². The second kappa shape index (κ2) is 6.71. The summed E-state index contributed by atoms with van der Waals surface area (Å²) in [7, 11) is 1.90. The van der Waals surface area contributed by atoms with Crippen molar-refractivity contribution in [3.63, 3.8) is 0 Å². The summed E-state index contributed by atoms with van der Waals surface area (Å²) in [6, 6.07) is 0.0402. The summed E-state index contributed by atoms with van der Waals surface area (Å²) < 4.78 is 5.71. The molecule has 1 aliphatic heterocycles. The standard InChI is InChI=1S/C15H28N2O2/c1-11-6-7-14(16)13(9-11)15(18)17(2)10-12-5-3-4-8-19-12/h11-14H,3-10,16H2,1-2H3. The van der Waals surface area contributed by atoms with E-state index in [0.717, 1.165) is 45.3 Å². The van der Waals surface area contributed by atoms with Crippen molar-refractivity contribution >= 4 is 5.91 Å². The molecule has 1 saturated carbocycles. The van der Waals surface area contributed by atoms with E-state index in [1.54, 1.807) is 0 Å². The second-order valence-electron chi connectivity index (χ2n) is 6.40. The smallest absolute Gasteiger partial charge is 0.227 e. The van der Waals surface area contributed by atoms with Crippen molar-refractivity contribution in [2.24, 2.45) is 17.6 Å². The van der Waals surface area contributed by atoms with Crippen LogP contribution in [0.15, 0.2) is 0 Å². The van der Waals surface area contributed by atoms with Crippen LogP contribution in [0.5, 0.6) is 0 Å². The minimum Gasteiger partial charge on any atom is -0.376 e. The van der Waals surface area contributed by atoms with Gasteiger partial charge in [0, 0.05) is 26.2 Å². The van der Waals surface area contributed by atoms with Crippen LogP contribution >= 0.6 is 0 Å². The van der Waals surface area contributed by atoms with E-state index in [-0.39, 0.29) is 24.0 Å². The van der Waals surface area contributed by atoms with Crippen LogP contribution in [-0.2, 0) is 9.53 Å². The van der Waals surface area contributed by atoms with Gasteiger partial charge in [-0.1, -0.05) is 6.92 Å². The van der Waals surface area contributed by atoms with Gasteiger partial charge in [-0.3, -0.25) is 4.79 Å². The van der Waals surface area contributed by atoms with Crippen molar-refractivity contribution in [3.8, 4) is 0 Å². The summed E-state index contributed by atoms with van der Waals surface area (Å²) in [6.45, 7) is 3.78. The number of amides is 1. The molecule has 2 N–H and O–H groups in total. The van der Waals surface area contributed by atoms with Crippen LogP contribution < -0.4 is 5.73 Å². The first-order chi connectivity index (χ1) is 9.08. The summed E-state index contributed by atoms with van der Waals surface area (Å²) >= 11 is 0. The Kier molecular flexibility index (Phi) is 5.22. The number of hydrogen-bond donors (Lipinski definition) is 1. The SMILES string of the molecule is CC1CCC(N)C(C(=O)N(C)CC2CCCCO2)C1. The Morgan fingerprint density at radius 3 is 2.79 bits per heavy atom. The maximum absolute atomic E-state index is 12.5. The van der Waals surface area contributed by atoms with Crippen LogP contribution in [-0.4, -0.2) is 43.2 Å². The average molecular weight is 268 g/mol. The molecule has 1 aliphatic carbocycles. The lowest BCUT2D eigenvalue weighted by Gasteiger charge is -2.35. The molecule has 2 rings (SSSR count). The first kappa shape index (κ1) is 14.8. The highest BCUT2D eigenvalue weighted by molar-refractivity contribution is 5.79. The molecule has 2 aliphatic rings. The molecule has 1 amide bonds. The lowest BCUT2D eigenvalue weighted by atomic mass is 9.78. The molecule has 0 aromatic rings. The lowest BCUT2D eigenvalue weighted by molar-refractivity contribution is -0.138. The fourth-order valence-electron chi connectivity index (χ4n) is 3.32. The van der Waals surface area contributed by atoms with E-state index in [0.29, 0.717) is 5.92 Å². The normalized spacial score (nSPS) is 35.9. The van der Waals surface area contributed by atoms with Gasteiger partial charge in [0.2, 0.25) is 5.91 Å². The molecule has 0 aromatic heterocycles. The van der Waals surface area contributed by atoms with Gasteiger partial charge in [0.15, 0.2) is 0 Å². The quantitative estimate of drug-likeness (QED) is 0.849. The summed E-state index contributed by atoms with van der Waals surface area (Å²) in [5.41, 5.74) is 6.13. The highest BCUT2D eigenvalue weighted by Gasteiger charge is 2.33. The fourth-order valence-corrected chi connectivity index (χ4v) is 3.32. The van der Waals surface area contributed by atoms with E-state index < -0.39 is 0 Å². The predicted molar refractivity (Wildman–Crippen MR) is 75.7 cm³/mol. The van der Waals surface area contributed by atoms with E-state index in [1.165, 1.54) is 6.42 Å². The third-order valence-corrected chi connectivity index (χ3v) is 4.61. The molecular weight excluding hydrogens is 240 g/mol. The van der Waals surface area contributed by atoms with E-state index >= 15 is 0 Å². The highest BCUT2D eigenvalue weighted by Crippen LogP contribution is 2.29. The van der Waals surface area contributed by atoms with E-state index in [9.17, 15) is 4.79 Å². The Morgan fingerprint density at radius 2 is 2.11 bits per heavy atom. The molecule has 4 unspecified atom stereocenters. The molecule has 1 saturated heterocycles. The number of ether oxygens (including phenoxy) is 1. The largest absolute Gasteiger partial charge is 0.376 e. The van der Waals surface area contributed by atoms with Crippen LogP contribution in [0.25, 0.3) is 0 Å². The van der Waals surface area contributed by atoms with Gasteiger partial charge in [-0.25, -0.2) is 0 Å². The minimum atomic E-state index is 0.0114. The van der Waals surface area contributed by atoms with Crippen LogP contribution in [0.1, 0.15) is 45.4 Å². The molecule has 2 fully saturated rings. The number of rotatable bonds is 3. The molecule has 4 atom stereocenters. The van der Waals surface area contributed by atoms with Crippen LogP contribution in [0, 0.1) is 11.8 Å². The van der Waals surface area contributed by atoms with Gasteiger partial charge in [0.05, 0.1) is 12.0 Å². The summed E-state index contributed by atoms with van der Waals surface area (Å²) in [6.07, 6.45) is 6.73.